The van der Waals surface area contributed by atoms with E-state index in [9.17, 15) is 0 Å². The fourth-order valence-corrected chi connectivity index (χ4v) is 2.20. The molecule has 0 aliphatic heterocycles. The minimum Gasteiger partial charge on any atom is -0.252 e. The van der Waals surface area contributed by atoms with Crippen LogP contribution in [-0.4, -0.2) is 5.71 Å². The number of rotatable bonds is 2. The number of halogens is 1. The SMILES string of the molecule is [C-]#[N+]c1ccc(N=C(C)c2ccccc2)c(I)c1. The van der Waals surface area contributed by atoms with Gasteiger partial charge in [0.15, 0.2) is 5.69 Å². The second-order valence-electron chi connectivity index (χ2n) is 3.81. The van der Waals surface area contributed by atoms with Crippen molar-refractivity contribution in [2.75, 3.05) is 0 Å². The molecule has 0 aliphatic carbocycles. The Bertz CT molecular complexity index is 625. The second kappa shape index (κ2) is 5.78. The summed E-state index contributed by atoms with van der Waals surface area (Å²) in [6.07, 6.45) is 0. The lowest BCUT2D eigenvalue weighted by Crippen LogP contribution is -1.93. The molecule has 88 valence electrons. The Hall–Kier alpha value is -1.67. The van der Waals surface area contributed by atoms with E-state index in [0.717, 1.165) is 20.5 Å². The van der Waals surface area contributed by atoms with Gasteiger partial charge in [-0.3, -0.25) is 4.99 Å². The van der Waals surface area contributed by atoms with Gasteiger partial charge < -0.3 is 0 Å². The Labute approximate surface area is 120 Å². The van der Waals surface area contributed by atoms with Gasteiger partial charge in [0.05, 0.1) is 12.3 Å². The Morgan fingerprint density at radius 3 is 2.50 bits per heavy atom. The van der Waals surface area contributed by atoms with Crippen LogP contribution < -0.4 is 0 Å². The molecule has 18 heavy (non-hydrogen) atoms. The molecule has 2 rings (SSSR count). The van der Waals surface area contributed by atoms with Gasteiger partial charge in [-0.1, -0.05) is 36.4 Å². The number of hydrogen-bond donors (Lipinski definition) is 0. The summed E-state index contributed by atoms with van der Waals surface area (Å²) in [6.45, 7) is 8.97. The van der Waals surface area contributed by atoms with Crippen molar-refractivity contribution in [1.82, 2.24) is 0 Å². The summed E-state index contributed by atoms with van der Waals surface area (Å²) < 4.78 is 0.997. The van der Waals surface area contributed by atoms with E-state index in [1.54, 1.807) is 6.07 Å². The van der Waals surface area contributed by atoms with Crippen LogP contribution in [0, 0.1) is 10.1 Å². The van der Waals surface area contributed by atoms with Crippen molar-refractivity contribution in [3.8, 4) is 0 Å². The van der Waals surface area contributed by atoms with Crippen LogP contribution in [0.3, 0.4) is 0 Å². The molecule has 2 aromatic rings. The zero-order valence-corrected chi connectivity index (χ0v) is 12.0. The number of benzene rings is 2. The highest BCUT2D eigenvalue weighted by atomic mass is 127. The summed E-state index contributed by atoms with van der Waals surface area (Å²) in [5.74, 6) is 0. The molecule has 0 bridgehead atoms. The fraction of sp³-hybridized carbons (Fsp3) is 0.0667. The monoisotopic (exact) mass is 346 g/mol. The topological polar surface area (TPSA) is 16.7 Å². The summed E-state index contributed by atoms with van der Waals surface area (Å²) in [5.41, 5.74) is 3.65. The van der Waals surface area contributed by atoms with Crippen molar-refractivity contribution in [3.05, 3.63) is 69.1 Å². The first-order valence-electron chi connectivity index (χ1n) is 5.48. The molecule has 0 fully saturated rings. The van der Waals surface area contributed by atoms with Crippen LogP contribution in [0.15, 0.2) is 53.5 Å². The first-order chi connectivity index (χ1) is 8.70. The molecule has 0 radical (unpaired) electrons. The molecule has 0 aromatic heterocycles. The van der Waals surface area contributed by atoms with E-state index in [2.05, 4.69) is 32.4 Å². The third-order valence-electron chi connectivity index (χ3n) is 2.54. The van der Waals surface area contributed by atoms with Crippen LogP contribution >= 0.6 is 22.6 Å². The third kappa shape index (κ3) is 2.96. The van der Waals surface area contributed by atoms with E-state index < -0.39 is 0 Å². The van der Waals surface area contributed by atoms with Crippen LogP contribution in [0.5, 0.6) is 0 Å². The average Bonchev–Trinajstić information content (AvgIpc) is 2.42. The molecule has 0 amide bonds. The molecule has 0 atom stereocenters. The lowest BCUT2D eigenvalue weighted by Gasteiger charge is -2.03. The minimum absolute atomic E-state index is 0.649. The van der Waals surface area contributed by atoms with Gasteiger partial charge in [0, 0.05) is 9.28 Å². The smallest absolute Gasteiger partial charge is 0.188 e. The summed E-state index contributed by atoms with van der Waals surface area (Å²) in [7, 11) is 0. The molecule has 2 aromatic carbocycles. The third-order valence-corrected chi connectivity index (χ3v) is 3.40. The summed E-state index contributed by atoms with van der Waals surface area (Å²) in [5, 5.41) is 0. The highest BCUT2D eigenvalue weighted by Crippen LogP contribution is 2.27. The highest BCUT2D eigenvalue weighted by molar-refractivity contribution is 14.1. The summed E-state index contributed by atoms with van der Waals surface area (Å²) >= 11 is 2.21. The van der Waals surface area contributed by atoms with Crippen LogP contribution in [0.25, 0.3) is 4.85 Å². The van der Waals surface area contributed by atoms with Crippen molar-refractivity contribution in [2.45, 2.75) is 6.92 Å². The minimum atomic E-state index is 0.649. The zero-order valence-electron chi connectivity index (χ0n) is 9.89. The summed E-state index contributed by atoms with van der Waals surface area (Å²) in [6, 6.07) is 15.6. The first kappa shape index (κ1) is 12.8. The molecule has 0 unspecified atom stereocenters. The van der Waals surface area contributed by atoms with Crippen LogP contribution in [-0.2, 0) is 0 Å². The summed E-state index contributed by atoms with van der Waals surface area (Å²) in [4.78, 5) is 8.02. The quantitative estimate of drug-likeness (QED) is 0.414. The van der Waals surface area contributed by atoms with Crippen LogP contribution in [0.2, 0.25) is 0 Å². The van der Waals surface area contributed by atoms with Gasteiger partial charge >= 0.3 is 0 Å². The van der Waals surface area contributed by atoms with Gasteiger partial charge in [0.25, 0.3) is 0 Å². The number of aliphatic imine (C=N–C) groups is 1. The van der Waals surface area contributed by atoms with E-state index in [1.807, 2.05) is 49.4 Å². The molecule has 0 saturated carbocycles. The highest BCUT2D eigenvalue weighted by Gasteiger charge is 2.02. The predicted octanol–water partition coefficient (Wildman–Crippen LogP) is 4.98. The fourth-order valence-electron chi connectivity index (χ4n) is 1.58. The number of nitrogens with zero attached hydrogens (tertiary/aromatic N) is 2. The molecule has 0 saturated heterocycles. The maximum absolute atomic E-state index is 6.97. The first-order valence-corrected chi connectivity index (χ1v) is 6.56. The van der Waals surface area contributed by atoms with Gasteiger partial charge in [-0.25, -0.2) is 4.85 Å². The van der Waals surface area contributed by atoms with Gasteiger partial charge in [0.2, 0.25) is 0 Å². The maximum atomic E-state index is 6.97. The standard InChI is InChI=1S/C15H11IN2/c1-11(12-6-4-3-5-7-12)18-15-9-8-13(17-2)10-14(15)16/h3-10H,1H3. The van der Waals surface area contributed by atoms with Crippen molar-refractivity contribution in [2.24, 2.45) is 4.99 Å². The second-order valence-corrected chi connectivity index (χ2v) is 4.97. The average molecular weight is 346 g/mol. The molecule has 3 heteroatoms. The van der Waals surface area contributed by atoms with E-state index >= 15 is 0 Å². The largest absolute Gasteiger partial charge is 0.252 e. The maximum Gasteiger partial charge on any atom is 0.188 e. The lowest BCUT2D eigenvalue weighted by molar-refractivity contribution is 1.45. The van der Waals surface area contributed by atoms with Crippen molar-refractivity contribution >= 4 is 39.7 Å². The molecule has 2 nitrogen and oxygen atoms in total. The normalized spacial score (nSPS) is 11.1. The van der Waals surface area contributed by atoms with E-state index in [4.69, 9.17) is 6.57 Å². The molecule has 0 aliphatic rings. The zero-order chi connectivity index (χ0) is 13.0. The Balaban J connectivity index is 2.37. The Kier molecular flexibility index (Phi) is 4.11. The molecule has 0 N–H and O–H groups in total. The van der Waals surface area contributed by atoms with Gasteiger partial charge in [-0.05, 0) is 47.2 Å². The lowest BCUT2D eigenvalue weighted by atomic mass is 10.1. The van der Waals surface area contributed by atoms with Crippen molar-refractivity contribution < 1.29 is 0 Å². The Morgan fingerprint density at radius 2 is 1.89 bits per heavy atom. The molecule has 0 spiro atoms. The van der Waals surface area contributed by atoms with Crippen molar-refractivity contribution in [1.29, 1.82) is 0 Å². The van der Waals surface area contributed by atoms with Gasteiger partial charge in [-0.15, -0.1) is 0 Å². The van der Waals surface area contributed by atoms with Crippen molar-refractivity contribution in [3.63, 3.8) is 0 Å². The molecular weight excluding hydrogens is 335 g/mol. The van der Waals surface area contributed by atoms with Crippen LogP contribution in [0.1, 0.15) is 12.5 Å². The van der Waals surface area contributed by atoms with E-state index in [1.165, 1.54) is 0 Å². The molecular formula is C15H11IN2. The van der Waals surface area contributed by atoms with E-state index in [-0.39, 0.29) is 0 Å². The van der Waals surface area contributed by atoms with Gasteiger partial charge in [0.1, 0.15) is 0 Å². The predicted molar refractivity (Wildman–Crippen MR) is 83.7 cm³/mol. The molecule has 0 heterocycles. The van der Waals surface area contributed by atoms with Crippen LogP contribution in [0.4, 0.5) is 11.4 Å². The van der Waals surface area contributed by atoms with Gasteiger partial charge in [-0.2, -0.15) is 0 Å². The van der Waals surface area contributed by atoms with E-state index in [0.29, 0.717) is 5.69 Å². The Morgan fingerprint density at radius 1 is 1.17 bits per heavy atom. The number of hydrogen-bond acceptors (Lipinski definition) is 1.